The van der Waals surface area contributed by atoms with Crippen LogP contribution in [-0.4, -0.2) is 32.5 Å². The van der Waals surface area contributed by atoms with E-state index in [-0.39, 0.29) is 11.7 Å². The maximum Gasteiger partial charge on any atom is 0.247 e. The van der Waals surface area contributed by atoms with E-state index in [1.54, 1.807) is 24.9 Å². The molecule has 0 saturated carbocycles. The number of nitrogen functional groups attached to an aromatic ring is 1. The maximum atomic E-state index is 12.7. The molecular weight excluding hydrogens is 320 g/mol. The van der Waals surface area contributed by atoms with Gasteiger partial charge in [-0.1, -0.05) is 6.07 Å². The summed E-state index contributed by atoms with van der Waals surface area (Å²) in [5.41, 5.74) is 9.40. The summed E-state index contributed by atoms with van der Waals surface area (Å²) < 4.78 is 7.07. The van der Waals surface area contributed by atoms with Gasteiger partial charge in [0.05, 0.1) is 13.4 Å². The van der Waals surface area contributed by atoms with Gasteiger partial charge in [-0.25, -0.2) is 15.0 Å². The van der Waals surface area contributed by atoms with E-state index in [9.17, 15) is 4.79 Å². The van der Waals surface area contributed by atoms with E-state index < -0.39 is 6.04 Å². The predicted octanol–water partition coefficient (Wildman–Crippen LogP) is 2.23. The lowest BCUT2D eigenvalue weighted by Gasteiger charge is -2.17. The Morgan fingerprint density at radius 3 is 2.76 bits per heavy atom. The molecule has 3 N–H and O–H groups in total. The van der Waals surface area contributed by atoms with Gasteiger partial charge in [-0.05, 0) is 32.4 Å². The third kappa shape index (κ3) is 2.86. The quantitative estimate of drug-likeness (QED) is 0.754. The molecule has 0 aliphatic heterocycles. The molecule has 3 rings (SSSR count). The summed E-state index contributed by atoms with van der Waals surface area (Å²) in [7, 11) is 1.62. The van der Waals surface area contributed by atoms with Crippen molar-refractivity contribution in [3.8, 4) is 5.75 Å². The fourth-order valence-electron chi connectivity index (χ4n) is 2.79. The molecule has 2 heterocycles. The Hall–Kier alpha value is -3.16. The van der Waals surface area contributed by atoms with Crippen LogP contribution < -0.4 is 15.8 Å². The number of methoxy groups -OCH3 is 1. The van der Waals surface area contributed by atoms with Crippen molar-refractivity contribution >= 4 is 28.6 Å². The number of imidazole rings is 1. The molecule has 1 amide bonds. The highest BCUT2D eigenvalue weighted by atomic mass is 16.5. The zero-order valence-electron chi connectivity index (χ0n) is 14.6. The number of nitrogens with zero attached hydrogens (tertiary/aromatic N) is 4. The topological polar surface area (TPSA) is 108 Å². The van der Waals surface area contributed by atoms with Crippen LogP contribution >= 0.6 is 0 Å². The number of ether oxygens (including phenoxy) is 1. The fourth-order valence-corrected chi connectivity index (χ4v) is 2.79. The molecular formula is C17H20N6O2. The molecule has 25 heavy (non-hydrogen) atoms. The molecule has 1 aromatic carbocycles. The first-order valence-corrected chi connectivity index (χ1v) is 7.82. The van der Waals surface area contributed by atoms with E-state index in [2.05, 4.69) is 20.3 Å². The molecule has 130 valence electrons. The molecule has 0 bridgehead atoms. The van der Waals surface area contributed by atoms with Gasteiger partial charge >= 0.3 is 0 Å². The van der Waals surface area contributed by atoms with Crippen LogP contribution in [0.5, 0.6) is 5.75 Å². The number of amides is 1. The van der Waals surface area contributed by atoms with Crippen molar-refractivity contribution in [1.82, 2.24) is 19.5 Å². The van der Waals surface area contributed by atoms with Gasteiger partial charge in [0.1, 0.15) is 23.6 Å². The van der Waals surface area contributed by atoms with Crippen LogP contribution in [0.15, 0.2) is 24.8 Å². The standard InChI is InChI=1S/C17H20N6O2/c1-9-5-6-12(10(2)14(9)25-4)22-17(24)11(3)23-8-21-13-15(18)19-7-20-16(13)23/h5-8,11H,1-4H3,(H,22,24)(H2,18,19,20). The number of benzene rings is 1. The van der Waals surface area contributed by atoms with E-state index in [4.69, 9.17) is 10.5 Å². The Morgan fingerprint density at radius 1 is 1.28 bits per heavy atom. The molecule has 0 spiro atoms. The minimum atomic E-state index is -0.522. The van der Waals surface area contributed by atoms with Crippen molar-refractivity contribution in [2.45, 2.75) is 26.8 Å². The third-order valence-corrected chi connectivity index (χ3v) is 4.25. The van der Waals surface area contributed by atoms with Crippen molar-refractivity contribution in [2.75, 3.05) is 18.2 Å². The van der Waals surface area contributed by atoms with Gasteiger partial charge in [0.2, 0.25) is 5.91 Å². The van der Waals surface area contributed by atoms with Crippen molar-refractivity contribution in [1.29, 1.82) is 0 Å². The van der Waals surface area contributed by atoms with Crippen molar-refractivity contribution in [3.63, 3.8) is 0 Å². The molecule has 8 heteroatoms. The number of hydrogen-bond donors (Lipinski definition) is 2. The number of aromatic nitrogens is 4. The van der Waals surface area contributed by atoms with Crippen molar-refractivity contribution < 1.29 is 9.53 Å². The highest BCUT2D eigenvalue weighted by Crippen LogP contribution is 2.30. The predicted molar refractivity (Wildman–Crippen MR) is 95.5 cm³/mol. The second-order valence-corrected chi connectivity index (χ2v) is 5.84. The van der Waals surface area contributed by atoms with E-state index in [1.807, 2.05) is 26.0 Å². The summed E-state index contributed by atoms with van der Waals surface area (Å²) in [6.45, 7) is 5.64. The normalized spacial score (nSPS) is 12.2. The summed E-state index contributed by atoms with van der Waals surface area (Å²) >= 11 is 0. The Bertz CT molecular complexity index is 950. The van der Waals surface area contributed by atoms with Crippen molar-refractivity contribution in [3.05, 3.63) is 35.9 Å². The molecule has 0 aliphatic carbocycles. The number of fused-ring (bicyclic) bond motifs is 1. The molecule has 0 saturated heterocycles. The first kappa shape index (κ1) is 16.7. The number of aryl methyl sites for hydroxylation is 1. The Labute approximate surface area is 145 Å². The van der Waals surface area contributed by atoms with Gasteiger partial charge in [-0.2, -0.15) is 0 Å². The molecule has 0 aliphatic rings. The summed E-state index contributed by atoms with van der Waals surface area (Å²) in [5, 5.41) is 2.94. The molecule has 8 nitrogen and oxygen atoms in total. The lowest BCUT2D eigenvalue weighted by atomic mass is 10.1. The molecule has 0 fully saturated rings. The number of nitrogens with two attached hydrogens (primary N) is 1. The smallest absolute Gasteiger partial charge is 0.247 e. The van der Waals surface area contributed by atoms with Crippen LogP contribution in [0.25, 0.3) is 11.2 Å². The lowest BCUT2D eigenvalue weighted by molar-refractivity contribution is -0.118. The Balaban J connectivity index is 1.90. The molecule has 0 radical (unpaired) electrons. The highest BCUT2D eigenvalue weighted by Gasteiger charge is 2.20. The Morgan fingerprint density at radius 2 is 2.04 bits per heavy atom. The van der Waals surface area contributed by atoms with Crippen LogP contribution in [0.3, 0.4) is 0 Å². The summed E-state index contributed by atoms with van der Waals surface area (Å²) in [6, 6.07) is 3.25. The number of nitrogens with one attached hydrogen (secondary N) is 1. The summed E-state index contributed by atoms with van der Waals surface area (Å²) in [4.78, 5) is 25.0. The number of carbonyl (C=O) groups excluding carboxylic acids is 1. The van der Waals surface area contributed by atoms with Crippen molar-refractivity contribution in [2.24, 2.45) is 0 Å². The number of anilines is 2. The molecule has 1 atom stereocenters. The first-order chi connectivity index (χ1) is 11.9. The van der Waals surface area contributed by atoms with Gasteiger partial charge in [0, 0.05) is 11.3 Å². The first-order valence-electron chi connectivity index (χ1n) is 7.82. The number of carbonyl (C=O) groups is 1. The highest BCUT2D eigenvalue weighted by molar-refractivity contribution is 5.95. The Kier molecular flexibility index (Phi) is 4.26. The van der Waals surface area contributed by atoms with Crippen LogP contribution in [0, 0.1) is 13.8 Å². The van der Waals surface area contributed by atoms with E-state index >= 15 is 0 Å². The van der Waals surface area contributed by atoms with E-state index in [0.717, 1.165) is 16.9 Å². The summed E-state index contributed by atoms with van der Waals surface area (Å²) in [5.74, 6) is 0.861. The number of hydrogen-bond acceptors (Lipinski definition) is 6. The SMILES string of the molecule is COc1c(C)ccc(NC(=O)C(C)n2cnc3c(N)ncnc32)c1C. The minimum absolute atomic E-state index is 0.189. The van der Waals surface area contributed by atoms with Gasteiger partial charge in [0.25, 0.3) is 0 Å². The third-order valence-electron chi connectivity index (χ3n) is 4.25. The van der Waals surface area contributed by atoms with Crippen LogP contribution in [0.1, 0.15) is 24.1 Å². The minimum Gasteiger partial charge on any atom is -0.496 e. The average molecular weight is 340 g/mol. The summed E-state index contributed by atoms with van der Waals surface area (Å²) in [6.07, 6.45) is 2.90. The largest absolute Gasteiger partial charge is 0.496 e. The fraction of sp³-hybridized carbons (Fsp3) is 0.294. The van der Waals surface area contributed by atoms with Crippen LogP contribution in [0.4, 0.5) is 11.5 Å². The molecule has 3 aromatic rings. The lowest BCUT2D eigenvalue weighted by Crippen LogP contribution is -2.24. The monoisotopic (exact) mass is 340 g/mol. The molecule has 1 unspecified atom stereocenters. The van der Waals surface area contributed by atoms with E-state index in [1.165, 1.54) is 6.33 Å². The second kappa shape index (κ2) is 6.39. The van der Waals surface area contributed by atoms with E-state index in [0.29, 0.717) is 16.9 Å². The van der Waals surface area contributed by atoms with Gasteiger partial charge in [0.15, 0.2) is 11.5 Å². The van der Waals surface area contributed by atoms with Gasteiger partial charge < -0.3 is 20.4 Å². The zero-order chi connectivity index (χ0) is 18.1. The maximum absolute atomic E-state index is 12.7. The van der Waals surface area contributed by atoms with Gasteiger partial charge in [-0.15, -0.1) is 0 Å². The molecule has 2 aromatic heterocycles. The second-order valence-electron chi connectivity index (χ2n) is 5.84. The number of rotatable bonds is 4. The van der Waals surface area contributed by atoms with Gasteiger partial charge in [-0.3, -0.25) is 4.79 Å². The zero-order valence-corrected chi connectivity index (χ0v) is 14.6. The average Bonchev–Trinajstić information content (AvgIpc) is 3.02. The van der Waals surface area contributed by atoms with Crippen LogP contribution in [-0.2, 0) is 4.79 Å². The van der Waals surface area contributed by atoms with Crippen LogP contribution in [0.2, 0.25) is 0 Å².